The number of alkyl carbamates (subject to hydrolysis) is 1. The zero-order valence-corrected chi connectivity index (χ0v) is 14.2. The van der Waals surface area contributed by atoms with Crippen molar-refractivity contribution in [3.8, 4) is 0 Å². The van der Waals surface area contributed by atoms with Gasteiger partial charge in [-0.25, -0.2) is 4.79 Å². The normalized spacial score (nSPS) is 22.1. The molecule has 1 saturated carbocycles. The van der Waals surface area contributed by atoms with Crippen molar-refractivity contribution >= 4 is 11.9 Å². The summed E-state index contributed by atoms with van der Waals surface area (Å²) in [5, 5.41) is 7.19. The molecule has 1 aliphatic carbocycles. The number of anilines is 1. The molecule has 0 aromatic carbocycles. The van der Waals surface area contributed by atoms with Gasteiger partial charge in [0.2, 0.25) is 0 Å². The number of carbonyl (C=O) groups excluding carboxylic acids is 1. The number of rotatable bonds is 3. The Balaban J connectivity index is 2.03. The second-order valence-electron chi connectivity index (χ2n) is 7.41. The summed E-state index contributed by atoms with van der Waals surface area (Å²) >= 11 is 0. The van der Waals surface area contributed by atoms with Gasteiger partial charge in [0, 0.05) is 23.7 Å². The van der Waals surface area contributed by atoms with Gasteiger partial charge in [-0.1, -0.05) is 0 Å². The first-order valence-corrected chi connectivity index (χ1v) is 8.00. The molecule has 1 amide bonds. The molecule has 6 nitrogen and oxygen atoms in total. The first-order chi connectivity index (χ1) is 10.2. The summed E-state index contributed by atoms with van der Waals surface area (Å²) in [6.45, 7) is 10.2. The standard InChI is InChI=1S/C16H28N4O2/c1-10(2)18-15(21)22-12-7-6-11(8-12)13-9-14(17)19-20(13)16(3,4)5/h9-12H,6-8H2,1-5H3,(H2,17,19)(H,18,21). The van der Waals surface area contributed by atoms with Crippen molar-refractivity contribution in [1.82, 2.24) is 15.1 Å². The molecule has 1 aromatic heterocycles. The average molecular weight is 308 g/mol. The molecule has 1 aliphatic rings. The lowest BCUT2D eigenvalue weighted by atomic mass is 10.0. The van der Waals surface area contributed by atoms with E-state index in [4.69, 9.17) is 10.5 Å². The third-order valence-corrected chi connectivity index (χ3v) is 3.87. The van der Waals surface area contributed by atoms with Crippen LogP contribution in [0.2, 0.25) is 0 Å². The molecule has 2 rings (SSSR count). The molecule has 3 N–H and O–H groups in total. The van der Waals surface area contributed by atoms with Crippen LogP contribution in [-0.4, -0.2) is 28.0 Å². The lowest BCUT2D eigenvalue weighted by molar-refractivity contribution is 0.0979. The molecule has 124 valence electrons. The minimum Gasteiger partial charge on any atom is -0.446 e. The van der Waals surface area contributed by atoms with Crippen molar-refractivity contribution in [2.45, 2.75) is 77.5 Å². The van der Waals surface area contributed by atoms with Crippen molar-refractivity contribution in [1.29, 1.82) is 0 Å². The molecule has 0 spiro atoms. The largest absolute Gasteiger partial charge is 0.446 e. The molecule has 2 atom stereocenters. The van der Waals surface area contributed by atoms with E-state index >= 15 is 0 Å². The second-order valence-corrected chi connectivity index (χ2v) is 7.41. The zero-order valence-electron chi connectivity index (χ0n) is 14.2. The van der Waals surface area contributed by atoms with Gasteiger partial charge in [0.1, 0.15) is 11.9 Å². The molecule has 0 radical (unpaired) electrons. The van der Waals surface area contributed by atoms with Crippen molar-refractivity contribution in [3.05, 3.63) is 11.8 Å². The van der Waals surface area contributed by atoms with E-state index < -0.39 is 0 Å². The van der Waals surface area contributed by atoms with E-state index in [0.29, 0.717) is 11.7 Å². The highest BCUT2D eigenvalue weighted by atomic mass is 16.6. The summed E-state index contributed by atoms with van der Waals surface area (Å²) < 4.78 is 7.50. The Hall–Kier alpha value is -1.72. The summed E-state index contributed by atoms with van der Waals surface area (Å²) in [5.74, 6) is 0.882. The molecule has 0 saturated heterocycles. The lowest BCUT2D eigenvalue weighted by Crippen LogP contribution is -2.33. The zero-order chi connectivity index (χ0) is 16.5. The van der Waals surface area contributed by atoms with Crippen LogP contribution in [0, 0.1) is 0 Å². The van der Waals surface area contributed by atoms with Crippen LogP contribution in [0.3, 0.4) is 0 Å². The van der Waals surface area contributed by atoms with E-state index in [-0.39, 0.29) is 23.8 Å². The maximum absolute atomic E-state index is 11.7. The summed E-state index contributed by atoms with van der Waals surface area (Å²) in [5.41, 5.74) is 6.92. The highest BCUT2D eigenvalue weighted by Crippen LogP contribution is 2.38. The molecule has 1 aromatic rings. The van der Waals surface area contributed by atoms with E-state index in [2.05, 4.69) is 31.2 Å². The monoisotopic (exact) mass is 308 g/mol. The molecule has 22 heavy (non-hydrogen) atoms. The van der Waals surface area contributed by atoms with Crippen molar-refractivity contribution < 1.29 is 9.53 Å². The van der Waals surface area contributed by atoms with Crippen molar-refractivity contribution in [3.63, 3.8) is 0 Å². The predicted octanol–water partition coefficient (Wildman–Crippen LogP) is 2.99. The fourth-order valence-electron chi connectivity index (χ4n) is 2.98. The van der Waals surface area contributed by atoms with Crippen LogP contribution in [0.25, 0.3) is 0 Å². The minimum atomic E-state index is -0.329. The highest BCUT2D eigenvalue weighted by molar-refractivity contribution is 5.67. The Bertz CT molecular complexity index is 531. The Morgan fingerprint density at radius 1 is 1.45 bits per heavy atom. The van der Waals surface area contributed by atoms with Gasteiger partial charge in [0.05, 0.1) is 5.54 Å². The highest BCUT2D eigenvalue weighted by Gasteiger charge is 2.33. The smallest absolute Gasteiger partial charge is 0.407 e. The maximum Gasteiger partial charge on any atom is 0.407 e. The fraction of sp³-hybridized carbons (Fsp3) is 0.750. The predicted molar refractivity (Wildman–Crippen MR) is 86.8 cm³/mol. The Kier molecular flexibility index (Phi) is 4.68. The number of carbonyl (C=O) groups is 1. The number of hydrogen-bond acceptors (Lipinski definition) is 4. The minimum absolute atomic E-state index is 0.0340. The first-order valence-electron chi connectivity index (χ1n) is 8.00. The van der Waals surface area contributed by atoms with Crippen LogP contribution in [0.1, 0.15) is 65.5 Å². The molecule has 2 unspecified atom stereocenters. The van der Waals surface area contributed by atoms with Gasteiger partial charge in [-0.15, -0.1) is 0 Å². The number of nitrogens with one attached hydrogen (secondary N) is 1. The van der Waals surface area contributed by atoms with Crippen LogP contribution >= 0.6 is 0 Å². The van der Waals surface area contributed by atoms with Gasteiger partial charge in [-0.05, 0) is 53.9 Å². The summed E-state index contributed by atoms with van der Waals surface area (Å²) in [4.78, 5) is 11.7. The van der Waals surface area contributed by atoms with Gasteiger partial charge < -0.3 is 15.8 Å². The second kappa shape index (κ2) is 6.18. The van der Waals surface area contributed by atoms with Crippen molar-refractivity contribution in [2.75, 3.05) is 5.73 Å². The number of nitrogen functional groups attached to an aromatic ring is 1. The topological polar surface area (TPSA) is 82.2 Å². The number of ether oxygens (including phenoxy) is 1. The Morgan fingerprint density at radius 2 is 2.14 bits per heavy atom. The summed E-state index contributed by atoms with van der Waals surface area (Å²) in [6, 6.07) is 2.04. The van der Waals surface area contributed by atoms with E-state index in [0.717, 1.165) is 25.0 Å². The molecular formula is C16H28N4O2. The van der Waals surface area contributed by atoms with Gasteiger partial charge >= 0.3 is 6.09 Å². The number of nitrogens with two attached hydrogens (primary N) is 1. The van der Waals surface area contributed by atoms with Crippen LogP contribution in [0.15, 0.2) is 6.07 Å². The maximum atomic E-state index is 11.7. The Labute approximate surface area is 132 Å². The van der Waals surface area contributed by atoms with E-state index in [9.17, 15) is 4.79 Å². The third-order valence-electron chi connectivity index (χ3n) is 3.87. The molecule has 1 heterocycles. The van der Waals surface area contributed by atoms with Gasteiger partial charge in [-0.2, -0.15) is 5.10 Å². The lowest BCUT2D eigenvalue weighted by Gasteiger charge is -2.24. The van der Waals surface area contributed by atoms with E-state index in [1.807, 2.05) is 24.6 Å². The van der Waals surface area contributed by atoms with Gasteiger partial charge in [-0.3, -0.25) is 4.68 Å². The third kappa shape index (κ3) is 3.93. The number of hydrogen-bond donors (Lipinski definition) is 2. The van der Waals surface area contributed by atoms with Gasteiger partial charge in [0.25, 0.3) is 0 Å². The van der Waals surface area contributed by atoms with Crippen molar-refractivity contribution in [2.24, 2.45) is 0 Å². The van der Waals surface area contributed by atoms with Gasteiger partial charge in [0.15, 0.2) is 0 Å². The first kappa shape index (κ1) is 16.6. The number of aromatic nitrogens is 2. The van der Waals surface area contributed by atoms with Crippen LogP contribution < -0.4 is 11.1 Å². The average Bonchev–Trinajstić information content (AvgIpc) is 2.93. The molecule has 1 fully saturated rings. The molecule has 6 heteroatoms. The van der Waals surface area contributed by atoms with Crippen LogP contribution in [-0.2, 0) is 10.3 Å². The SMILES string of the molecule is CC(C)NC(=O)OC1CCC(c2cc(N)nn2C(C)(C)C)C1. The van der Waals surface area contributed by atoms with E-state index in [1.54, 1.807) is 0 Å². The Morgan fingerprint density at radius 3 is 2.73 bits per heavy atom. The summed E-state index contributed by atoms with van der Waals surface area (Å²) in [6.07, 6.45) is 2.33. The number of amides is 1. The quantitative estimate of drug-likeness (QED) is 0.899. The molecule has 0 bridgehead atoms. The fourth-order valence-corrected chi connectivity index (χ4v) is 2.98. The summed E-state index contributed by atoms with van der Waals surface area (Å²) in [7, 11) is 0. The molecule has 0 aliphatic heterocycles. The van der Waals surface area contributed by atoms with E-state index in [1.165, 1.54) is 0 Å². The number of nitrogens with zero attached hydrogens (tertiary/aromatic N) is 2. The van der Waals surface area contributed by atoms with Crippen LogP contribution in [0.4, 0.5) is 10.6 Å². The van der Waals surface area contributed by atoms with Crippen LogP contribution in [0.5, 0.6) is 0 Å². The molecular weight excluding hydrogens is 280 g/mol.